The number of sulfonamides is 1. The van der Waals surface area contributed by atoms with Crippen molar-refractivity contribution in [3.8, 4) is 0 Å². The molecule has 0 unspecified atom stereocenters. The molecule has 1 N–H and O–H groups in total. The Bertz CT molecular complexity index is 997. The summed E-state index contributed by atoms with van der Waals surface area (Å²) in [6.07, 6.45) is 1.07. The molecule has 0 saturated heterocycles. The van der Waals surface area contributed by atoms with Crippen LogP contribution in [0.25, 0.3) is 0 Å². The minimum absolute atomic E-state index is 0.242. The monoisotopic (exact) mass is 418 g/mol. The highest BCUT2D eigenvalue weighted by atomic mass is 32.2. The molecule has 7 nitrogen and oxygen atoms in total. The number of nitrogens with zero attached hydrogens (tertiary/aromatic N) is 1. The predicted molar refractivity (Wildman–Crippen MR) is 114 cm³/mol. The van der Waals surface area contributed by atoms with Gasteiger partial charge in [-0.25, -0.2) is 13.2 Å². The van der Waals surface area contributed by atoms with Crippen molar-refractivity contribution in [3.05, 3.63) is 59.2 Å². The van der Waals surface area contributed by atoms with E-state index in [4.69, 9.17) is 4.74 Å². The van der Waals surface area contributed by atoms with Crippen LogP contribution < -0.4 is 9.62 Å². The maximum Gasteiger partial charge on any atom is 0.338 e. The van der Waals surface area contributed by atoms with Gasteiger partial charge in [-0.1, -0.05) is 12.1 Å². The number of carbonyl (C=O) groups excluding carboxylic acids is 2. The molecule has 0 radical (unpaired) electrons. The van der Waals surface area contributed by atoms with E-state index in [1.165, 1.54) is 13.0 Å². The van der Waals surface area contributed by atoms with Crippen LogP contribution in [-0.2, 0) is 19.6 Å². The molecule has 0 aromatic heterocycles. The first kappa shape index (κ1) is 22.4. The van der Waals surface area contributed by atoms with Gasteiger partial charge in [0.25, 0.3) is 0 Å². The molecule has 2 aromatic carbocycles. The molecule has 0 aliphatic rings. The third kappa shape index (κ3) is 5.80. The van der Waals surface area contributed by atoms with Crippen molar-refractivity contribution in [3.63, 3.8) is 0 Å². The van der Waals surface area contributed by atoms with Crippen LogP contribution in [0.5, 0.6) is 0 Å². The van der Waals surface area contributed by atoms with E-state index in [9.17, 15) is 18.0 Å². The van der Waals surface area contributed by atoms with Crippen LogP contribution in [-0.4, -0.2) is 39.2 Å². The van der Waals surface area contributed by atoms with Gasteiger partial charge in [-0.3, -0.25) is 9.10 Å². The Balaban J connectivity index is 2.31. The summed E-state index contributed by atoms with van der Waals surface area (Å²) in [5, 5.41) is 2.68. The molecular weight excluding hydrogens is 392 g/mol. The molecule has 8 heteroatoms. The molecule has 2 aromatic rings. The molecule has 0 bridgehead atoms. The highest BCUT2D eigenvalue weighted by Gasteiger charge is 2.29. The van der Waals surface area contributed by atoms with Crippen LogP contribution in [0.1, 0.15) is 35.3 Å². The molecule has 29 heavy (non-hydrogen) atoms. The molecule has 1 atom stereocenters. The highest BCUT2D eigenvalue weighted by molar-refractivity contribution is 7.92. The number of aryl methyl sites for hydroxylation is 2. The van der Waals surface area contributed by atoms with Crippen molar-refractivity contribution in [1.82, 2.24) is 0 Å². The van der Waals surface area contributed by atoms with Crippen molar-refractivity contribution in [1.29, 1.82) is 0 Å². The molecule has 0 spiro atoms. The minimum atomic E-state index is -3.72. The largest absolute Gasteiger partial charge is 0.462 e. The third-order valence-electron chi connectivity index (χ3n) is 4.19. The second-order valence-corrected chi connectivity index (χ2v) is 8.73. The van der Waals surface area contributed by atoms with Crippen molar-refractivity contribution < 1.29 is 22.7 Å². The molecule has 0 aliphatic heterocycles. The van der Waals surface area contributed by atoms with Gasteiger partial charge in [0, 0.05) is 5.69 Å². The Hall–Kier alpha value is -2.87. The van der Waals surface area contributed by atoms with Crippen LogP contribution in [0, 0.1) is 13.8 Å². The Morgan fingerprint density at radius 3 is 2.28 bits per heavy atom. The Morgan fingerprint density at radius 1 is 1.10 bits per heavy atom. The lowest BCUT2D eigenvalue weighted by Crippen LogP contribution is -2.45. The van der Waals surface area contributed by atoms with E-state index in [1.54, 1.807) is 37.3 Å². The van der Waals surface area contributed by atoms with E-state index in [0.717, 1.165) is 21.7 Å². The normalized spacial score (nSPS) is 12.2. The molecular formula is C21H26N2O5S. The van der Waals surface area contributed by atoms with Crippen molar-refractivity contribution in [2.45, 2.75) is 33.7 Å². The summed E-state index contributed by atoms with van der Waals surface area (Å²) in [4.78, 5) is 24.7. The third-order valence-corrected chi connectivity index (χ3v) is 5.43. The van der Waals surface area contributed by atoms with Gasteiger partial charge < -0.3 is 10.1 Å². The lowest BCUT2D eigenvalue weighted by molar-refractivity contribution is -0.116. The molecule has 156 valence electrons. The van der Waals surface area contributed by atoms with Gasteiger partial charge in [0.15, 0.2) is 0 Å². The SMILES string of the molecule is CCOC(=O)c1cccc(NC(=O)[C@H](C)N(c2cc(C)cc(C)c2)S(C)(=O)=O)c1. The number of rotatable bonds is 7. The summed E-state index contributed by atoms with van der Waals surface area (Å²) in [5.74, 6) is -1.01. The number of hydrogen-bond donors (Lipinski definition) is 1. The minimum Gasteiger partial charge on any atom is -0.462 e. The molecule has 0 fully saturated rings. The molecule has 0 aliphatic carbocycles. The first-order valence-corrected chi connectivity index (χ1v) is 11.0. The number of esters is 1. The van der Waals surface area contributed by atoms with Crippen LogP contribution in [0.4, 0.5) is 11.4 Å². The van der Waals surface area contributed by atoms with E-state index in [0.29, 0.717) is 16.9 Å². The number of carbonyl (C=O) groups is 2. The van der Waals surface area contributed by atoms with Crippen molar-refractivity contribution >= 4 is 33.3 Å². The Labute approximate surface area is 171 Å². The van der Waals surface area contributed by atoms with Gasteiger partial charge in [-0.15, -0.1) is 0 Å². The number of benzene rings is 2. The topological polar surface area (TPSA) is 92.8 Å². The number of amides is 1. The fourth-order valence-electron chi connectivity index (χ4n) is 3.07. The lowest BCUT2D eigenvalue weighted by Gasteiger charge is -2.28. The summed E-state index contributed by atoms with van der Waals surface area (Å²) >= 11 is 0. The van der Waals surface area contributed by atoms with Gasteiger partial charge in [-0.2, -0.15) is 0 Å². The van der Waals surface area contributed by atoms with Crippen LogP contribution in [0.3, 0.4) is 0 Å². The average molecular weight is 419 g/mol. The number of hydrogen-bond acceptors (Lipinski definition) is 5. The maximum atomic E-state index is 12.8. The van der Waals surface area contributed by atoms with E-state index in [-0.39, 0.29) is 6.61 Å². The first-order valence-electron chi connectivity index (χ1n) is 9.18. The van der Waals surface area contributed by atoms with E-state index in [2.05, 4.69) is 5.32 Å². The van der Waals surface area contributed by atoms with Crippen LogP contribution >= 0.6 is 0 Å². The second kappa shape index (κ2) is 9.09. The van der Waals surface area contributed by atoms with Crippen molar-refractivity contribution in [2.24, 2.45) is 0 Å². The molecule has 2 rings (SSSR count). The quantitative estimate of drug-likeness (QED) is 0.697. The molecule has 1 amide bonds. The second-order valence-electron chi connectivity index (χ2n) is 6.87. The molecule has 0 saturated carbocycles. The maximum absolute atomic E-state index is 12.8. The summed E-state index contributed by atoms with van der Waals surface area (Å²) in [6.45, 7) is 7.19. The zero-order valence-corrected chi connectivity index (χ0v) is 18.0. The average Bonchev–Trinajstić information content (AvgIpc) is 2.60. The number of anilines is 2. The lowest BCUT2D eigenvalue weighted by atomic mass is 10.1. The van der Waals surface area contributed by atoms with Gasteiger partial charge in [0.1, 0.15) is 6.04 Å². The Kier molecular flexibility index (Phi) is 7.02. The fourth-order valence-corrected chi connectivity index (χ4v) is 4.23. The molecule has 0 heterocycles. The summed E-state index contributed by atoms with van der Waals surface area (Å²) < 4.78 is 31.0. The van der Waals surface area contributed by atoms with Crippen LogP contribution in [0.2, 0.25) is 0 Å². The smallest absolute Gasteiger partial charge is 0.338 e. The van der Waals surface area contributed by atoms with E-state index in [1.807, 2.05) is 19.9 Å². The van der Waals surface area contributed by atoms with Gasteiger partial charge in [-0.05, 0) is 69.2 Å². The van der Waals surface area contributed by atoms with Crippen molar-refractivity contribution in [2.75, 3.05) is 22.5 Å². The van der Waals surface area contributed by atoms with Gasteiger partial charge in [0.2, 0.25) is 15.9 Å². The highest BCUT2D eigenvalue weighted by Crippen LogP contribution is 2.24. The zero-order chi connectivity index (χ0) is 21.8. The summed E-state index contributed by atoms with van der Waals surface area (Å²) in [5.41, 5.74) is 2.88. The fraction of sp³-hybridized carbons (Fsp3) is 0.333. The zero-order valence-electron chi connectivity index (χ0n) is 17.2. The predicted octanol–water partition coefficient (Wildman–Crippen LogP) is 3.27. The van der Waals surface area contributed by atoms with E-state index >= 15 is 0 Å². The summed E-state index contributed by atoms with van der Waals surface area (Å²) in [7, 11) is -3.72. The number of ether oxygens (including phenoxy) is 1. The first-order chi connectivity index (χ1) is 13.5. The van der Waals surface area contributed by atoms with Gasteiger partial charge >= 0.3 is 5.97 Å². The van der Waals surface area contributed by atoms with Gasteiger partial charge in [0.05, 0.1) is 24.1 Å². The number of nitrogens with one attached hydrogen (secondary N) is 1. The van der Waals surface area contributed by atoms with E-state index < -0.39 is 27.9 Å². The van der Waals surface area contributed by atoms with Crippen LogP contribution in [0.15, 0.2) is 42.5 Å². The standard InChI is InChI=1S/C21H26N2O5S/c1-6-28-21(25)17-8-7-9-18(13-17)22-20(24)16(4)23(29(5,26)27)19-11-14(2)10-15(3)12-19/h7-13,16H,6H2,1-5H3,(H,22,24)/t16-/m0/s1. The summed E-state index contributed by atoms with van der Waals surface area (Å²) in [6, 6.07) is 10.7. The Morgan fingerprint density at radius 2 is 1.72 bits per heavy atom.